The normalized spacial score (nSPS) is 11.6. The van der Waals surface area contributed by atoms with Gasteiger partial charge < -0.3 is 8.94 Å². The topological polar surface area (TPSA) is 104 Å². The molecule has 4 aromatic heterocycles. The van der Waals surface area contributed by atoms with Gasteiger partial charge in [-0.1, -0.05) is 41.2 Å². The minimum Gasteiger partial charge on any atom is -0.461 e. The van der Waals surface area contributed by atoms with Crippen LogP contribution < -0.4 is 5.56 Å². The average molecular weight is 471 g/mol. The van der Waals surface area contributed by atoms with E-state index in [2.05, 4.69) is 20.3 Å². The van der Waals surface area contributed by atoms with Gasteiger partial charge in [-0.3, -0.25) is 9.20 Å². The lowest BCUT2D eigenvalue weighted by molar-refractivity contribution is 0.390. The Bertz CT molecular complexity index is 1710. The summed E-state index contributed by atoms with van der Waals surface area (Å²) >= 11 is 1.40. The largest absolute Gasteiger partial charge is 0.461 e. The highest BCUT2D eigenvalue weighted by Crippen LogP contribution is 2.27. The van der Waals surface area contributed by atoms with Crippen LogP contribution in [0.25, 0.3) is 34.0 Å². The highest BCUT2D eigenvalue weighted by molar-refractivity contribution is 7.98. The summed E-state index contributed by atoms with van der Waals surface area (Å²) < 4.78 is 14.2. The second-order valence-electron chi connectivity index (χ2n) is 7.84. The maximum atomic E-state index is 13.5. The van der Waals surface area contributed by atoms with Crippen LogP contribution in [0.2, 0.25) is 0 Å². The molecular weight excluding hydrogens is 452 g/mol. The number of thioether (sulfide) groups is 1. The van der Waals surface area contributed by atoms with E-state index in [4.69, 9.17) is 8.94 Å². The van der Waals surface area contributed by atoms with Gasteiger partial charge in [0.2, 0.25) is 17.5 Å². The Labute approximate surface area is 197 Å². The van der Waals surface area contributed by atoms with E-state index in [9.17, 15) is 4.79 Å². The van der Waals surface area contributed by atoms with Crippen LogP contribution in [0.5, 0.6) is 0 Å². The Morgan fingerprint density at radius 1 is 1.03 bits per heavy atom. The second-order valence-corrected chi connectivity index (χ2v) is 8.79. The lowest BCUT2D eigenvalue weighted by Gasteiger charge is -2.13. The van der Waals surface area contributed by atoms with Gasteiger partial charge in [-0.25, -0.2) is 4.57 Å². The number of benzene rings is 2. The number of fused-ring (bicyclic) bond motifs is 3. The van der Waals surface area contributed by atoms with Crippen LogP contribution in [-0.4, -0.2) is 29.3 Å². The number of para-hydroxylation sites is 1. The lowest BCUT2D eigenvalue weighted by atomic mass is 10.1. The molecule has 2 aromatic carbocycles. The van der Waals surface area contributed by atoms with Gasteiger partial charge in [0.05, 0.1) is 28.6 Å². The molecule has 168 valence electrons. The van der Waals surface area contributed by atoms with E-state index in [1.54, 1.807) is 23.0 Å². The molecule has 0 saturated heterocycles. The first-order chi connectivity index (χ1) is 16.6. The molecule has 0 fully saturated rings. The predicted octanol–water partition coefficient (Wildman–Crippen LogP) is 4.59. The lowest BCUT2D eigenvalue weighted by Crippen LogP contribution is -2.22. The summed E-state index contributed by atoms with van der Waals surface area (Å²) in [6, 6.07) is 17.0. The molecule has 0 radical (unpaired) electrons. The molecule has 0 aliphatic rings. The third kappa shape index (κ3) is 3.30. The number of hydrogen-bond acceptors (Lipinski definition) is 8. The van der Waals surface area contributed by atoms with Crippen LogP contribution in [0.4, 0.5) is 0 Å². The van der Waals surface area contributed by atoms with Crippen molar-refractivity contribution in [1.82, 2.24) is 29.3 Å². The molecule has 9 nitrogen and oxygen atoms in total. The van der Waals surface area contributed by atoms with Crippen molar-refractivity contribution in [2.75, 3.05) is 0 Å². The second kappa shape index (κ2) is 7.99. The quantitative estimate of drug-likeness (QED) is 0.337. The summed E-state index contributed by atoms with van der Waals surface area (Å²) in [5, 5.41) is 14.0. The number of rotatable bonds is 5. The fraction of sp³-hybridized carbons (Fsp3) is 0.125. The average Bonchev–Trinajstić information content (AvgIpc) is 3.61. The van der Waals surface area contributed by atoms with E-state index < -0.39 is 0 Å². The molecular formula is C24H18N6O3S. The molecule has 0 unspecified atom stereocenters. The van der Waals surface area contributed by atoms with Crippen molar-refractivity contribution in [2.24, 2.45) is 0 Å². The smallest absolute Gasteiger partial charge is 0.267 e. The molecule has 4 heterocycles. The molecule has 0 atom stereocenters. The van der Waals surface area contributed by atoms with Crippen molar-refractivity contribution in [1.29, 1.82) is 0 Å². The van der Waals surface area contributed by atoms with Gasteiger partial charge in [0, 0.05) is 0 Å². The molecule has 0 amide bonds. The van der Waals surface area contributed by atoms with E-state index in [1.807, 2.05) is 60.7 Å². The summed E-state index contributed by atoms with van der Waals surface area (Å²) in [6.07, 6.45) is 1.56. The minimum absolute atomic E-state index is 0.138. The molecule has 0 aliphatic carbocycles. The third-order valence-electron chi connectivity index (χ3n) is 5.53. The molecule has 0 bridgehead atoms. The first-order valence-electron chi connectivity index (χ1n) is 10.6. The van der Waals surface area contributed by atoms with E-state index in [1.165, 1.54) is 11.8 Å². The first-order valence-corrected chi connectivity index (χ1v) is 11.5. The van der Waals surface area contributed by atoms with Crippen LogP contribution in [0.3, 0.4) is 0 Å². The van der Waals surface area contributed by atoms with E-state index in [0.29, 0.717) is 39.5 Å². The molecule has 34 heavy (non-hydrogen) atoms. The number of hydrogen-bond donors (Lipinski definition) is 0. The SMILES string of the molecule is Cc1ccc(C)c(-n2c(=O)c3ccccc3n3c(SCc4nc(-c5ccco5)no4)nnc23)c1. The number of nitrogens with zero attached hydrogens (tertiary/aromatic N) is 6. The van der Waals surface area contributed by atoms with Crippen molar-refractivity contribution in [2.45, 2.75) is 24.8 Å². The number of aryl methyl sites for hydroxylation is 2. The van der Waals surface area contributed by atoms with Crippen molar-refractivity contribution in [3.8, 4) is 17.3 Å². The van der Waals surface area contributed by atoms with Gasteiger partial charge in [0.15, 0.2) is 10.9 Å². The van der Waals surface area contributed by atoms with Crippen LogP contribution in [0.15, 0.2) is 79.8 Å². The van der Waals surface area contributed by atoms with Crippen molar-refractivity contribution < 1.29 is 8.94 Å². The standard InChI is InChI=1S/C24H18N6O3S/c1-14-9-10-15(2)18(12-14)29-22(31)16-6-3-4-7-17(16)30-23(29)26-27-24(30)34-13-20-25-21(28-33-20)19-8-5-11-32-19/h3-12H,13H2,1-2H3. The van der Waals surface area contributed by atoms with Gasteiger partial charge in [-0.05, 0) is 55.3 Å². The Kier molecular flexibility index (Phi) is 4.80. The third-order valence-corrected chi connectivity index (χ3v) is 6.45. The predicted molar refractivity (Wildman–Crippen MR) is 127 cm³/mol. The maximum absolute atomic E-state index is 13.5. The molecule has 6 aromatic rings. The van der Waals surface area contributed by atoms with Crippen molar-refractivity contribution in [3.63, 3.8) is 0 Å². The Morgan fingerprint density at radius 3 is 2.76 bits per heavy atom. The van der Waals surface area contributed by atoms with E-state index in [0.717, 1.165) is 22.3 Å². The van der Waals surface area contributed by atoms with Gasteiger partial charge >= 0.3 is 0 Å². The zero-order valence-corrected chi connectivity index (χ0v) is 19.1. The monoisotopic (exact) mass is 470 g/mol. The summed E-state index contributed by atoms with van der Waals surface area (Å²) in [7, 11) is 0. The van der Waals surface area contributed by atoms with Crippen LogP contribution in [0.1, 0.15) is 17.0 Å². The summed E-state index contributed by atoms with van der Waals surface area (Å²) in [4.78, 5) is 17.9. The van der Waals surface area contributed by atoms with Gasteiger partial charge in [0.25, 0.3) is 5.56 Å². The Morgan fingerprint density at radius 2 is 1.91 bits per heavy atom. The molecule has 0 spiro atoms. The molecule has 10 heteroatoms. The number of aromatic nitrogens is 6. The number of furan rings is 1. The molecule has 0 aliphatic heterocycles. The van der Waals surface area contributed by atoms with Crippen molar-refractivity contribution >= 4 is 28.4 Å². The van der Waals surface area contributed by atoms with E-state index >= 15 is 0 Å². The molecule has 0 N–H and O–H groups in total. The zero-order valence-electron chi connectivity index (χ0n) is 18.3. The van der Waals surface area contributed by atoms with Crippen LogP contribution >= 0.6 is 11.8 Å². The fourth-order valence-electron chi connectivity index (χ4n) is 3.90. The van der Waals surface area contributed by atoms with Crippen molar-refractivity contribution in [3.05, 3.63) is 88.2 Å². The summed E-state index contributed by atoms with van der Waals surface area (Å²) in [5.41, 5.74) is 3.40. The highest BCUT2D eigenvalue weighted by atomic mass is 32.2. The Balaban J connectivity index is 1.47. The van der Waals surface area contributed by atoms with Crippen LogP contribution in [-0.2, 0) is 5.75 Å². The zero-order chi connectivity index (χ0) is 23.2. The highest BCUT2D eigenvalue weighted by Gasteiger charge is 2.20. The van der Waals surface area contributed by atoms with Gasteiger partial charge in [-0.15, -0.1) is 10.2 Å². The van der Waals surface area contributed by atoms with Gasteiger partial charge in [-0.2, -0.15) is 4.98 Å². The first kappa shape index (κ1) is 20.4. The molecule has 6 rings (SSSR count). The summed E-state index contributed by atoms with van der Waals surface area (Å²) in [5.74, 6) is 2.19. The minimum atomic E-state index is -0.138. The van der Waals surface area contributed by atoms with Crippen LogP contribution in [0, 0.1) is 13.8 Å². The molecule has 0 saturated carbocycles. The summed E-state index contributed by atoms with van der Waals surface area (Å²) in [6.45, 7) is 3.98. The van der Waals surface area contributed by atoms with Gasteiger partial charge in [0.1, 0.15) is 0 Å². The fourth-order valence-corrected chi connectivity index (χ4v) is 4.67. The Hall–Kier alpha value is -4.18. The maximum Gasteiger partial charge on any atom is 0.267 e. The van der Waals surface area contributed by atoms with E-state index in [-0.39, 0.29) is 5.56 Å².